The molecule has 0 spiro atoms. The van der Waals surface area contributed by atoms with Crippen LogP contribution in [0.5, 0.6) is 5.75 Å². The standard InChI is InChI=1S/C25H28FN5O2/c1-16-7-24(26)23(25(32)29-19-3-4-19)9-22(16)18-10-28-31(14-18)20-8-21(12-27-11-20)33-15-17-5-6-30(2)13-17/h7-12,14,17,19H,3-6,13,15H2,1-2H3,(H,29,32). The molecule has 3 aromatic rings. The number of rotatable bonds is 7. The third-order valence-electron chi connectivity index (χ3n) is 6.30. The Morgan fingerprint density at radius 2 is 2.06 bits per heavy atom. The zero-order valence-electron chi connectivity index (χ0n) is 18.9. The number of hydrogen-bond donors (Lipinski definition) is 1. The highest BCUT2D eigenvalue weighted by molar-refractivity contribution is 5.96. The van der Waals surface area contributed by atoms with Crippen LogP contribution in [0.4, 0.5) is 4.39 Å². The Labute approximate surface area is 192 Å². The molecule has 33 heavy (non-hydrogen) atoms. The van der Waals surface area contributed by atoms with Gasteiger partial charge in [-0.3, -0.25) is 9.78 Å². The van der Waals surface area contributed by atoms with Crippen LogP contribution in [0.1, 0.15) is 35.2 Å². The molecule has 0 bridgehead atoms. The molecule has 1 unspecified atom stereocenters. The van der Waals surface area contributed by atoms with Gasteiger partial charge in [-0.05, 0) is 63.0 Å². The molecule has 7 nitrogen and oxygen atoms in total. The van der Waals surface area contributed by atoms with Crippen molar-refractivity contribution in [2.45, 2.75) is 32.2 Å². The fourth-order valence-electron chi connectivity index (χ4n) is 4.24. The van der Waals surface area contributed by atoms with Gasteiger partial charge in [-0.2, -0.15) is 5.10 Å². The third kappa shape index (κ3) is 4.90. The molecule has 5 rings (SSSR count). The van der Waals surface area contributed by atoms with E-state index in [0.29, 0.717) is 18.3 Å². The quantitative estimate of drug-likeness (QED) is 0.597. The first-order valence-electron chi connectivity index (χ1n) is 11.4. The van der Waals surface area contributed by atoms with Gasteiger partial charge in [0.15, 0.2) is 0 Å². The van der Waals surface area contributed by atoms with E-state index in [-0.39, 0.29) is 17.5 Å². The number of amides is 1. The minimum absolute atomic E-state index is 0.0601. The Morgan fingerprint density at radius 1 is 1.21 bits per heavy atom. The lowest BCUT2D eigenvalue weighted by Crippen LogP contribution is -2.26. The number of ether oxygens (including phenoxy) is 1. The smallest absolute Gasteiger partial charge is 0.254 e. The molecule has 3 heterocycles. The summed E-state index contributed by atoms with van der Waals surface area (Å²) in [5, 5.41) is 7.32. The van der Waals surface area contributed by atoms with Crippen LogP contribution in [0.3, 0.4) is 0 Å². The second kappa shape index (κ2) is 8.94. The number of carbonyl (C=O) groups excluding carboxylic acids is 1. The van der Waals surface area contributed by atoms with Crippen LogP contribution < -0.4 is 10.1 Å². The number of halogens is 1. The number of aromatic nitrogens is 3. The summed E-state index contributed by atoms with van der Waals surface area (Å²) in [6.45, 7) is 4.65. The summed E-state index contributed by atoms with van der Waals surface area (Å²) in [4.78, 5) is 19.1. The molecule has 8 heteroatoms. The first kappa shape index (κ1) is 21.6. The van der Waals surface area contributed by atoms with Crippen molar-refractivity contribution in [2.75, 3.05) is 26.7 Å². The Balaban J connectivity index is 1.34. The second-order valence-electron chi connectivity index (χ2n) is 9.18. The zero-order chi connectivity index (χ0) is 22.9. The van der Waals surface area contributed by atoms with Crippen molar-refractivity contribution >= 4 is 5.91 Å². The number of likely N-dealkylation sites (tertiary alicyclic amines) is 1. The van der Waals surface area contributed by atoms with Crippen molar-refractivity contribution < 1.29 is 13.9 Å². The van der Waals surface area contributed by atoms with E-state index in [1.807, 2.05) is 19.2 Å². The molecule has 1 aliphatic carbocycles. The molecule has 2 aliphatic rings. The van der Waals surface area contributed by atoms with E-state index in [0.717, 1.165) is 54.7 Å². The molecule has 0 radical (unpaired) electrons. The fourth-order valence-corrected chi connectivity index (χ4v) is 4.24. The number of carbonyl (C=O) groups is 1. The van der Waals surface area contributed by atoms with Gasteiger partial charge in [0.25, 0.3) is 5.91 Å². The number of nitrogens with one attached hydrogen (secondary N) is 1. The van der Waals surface area contributed by atoms with Gasteiger partial charge in [0.2, 0.25) is 0 Å². The van der Waals surface area contributed by atoms with E-state index in [9.17, 15) is 9.18 Å². The summed E-state index contributed by atoms with van der Waals surface area (Å²) in [5.74, 6) is 0.356. The van der Waals surface area contributed by atoms with Crippen LogP contribution in [0.15, 0.2) is 43.0 Å². The van der Waals surface area contributed by atoms with Gasteiger partial charge in [-0.1, -0.05) is 0 Å². The lowest BCUT2D eigenvalue weighted by Gasteiger charge is -2.12. The molecule has 1 amide bonds. The minimum Gasteiger partial charge on any atom is -0.492 e. The first-order chi connectivity index (χ1) is 16.0. The van der Waals surface area contributed by atoms with Crippen molar-refractivity contribution in [3.05, 3.63) is 59.9 Å². The van der Waals surface area contributed by atoms with Crippen LogP contribution >= 0.6 is 0 Å². The van der Waals surface area contributed by atoms with E-state index in [4.69, 9.17) is 4.74 Å². The van der Waals surface area contributed by atoms with Gasteiger partial charge in [0, 0.05) is 36.3 Å². The fraction of sp³-hybridized carbons (Fsp3) is 0.400. The normalized spacial score (nSPS) is 18.5. The summed E-state index contributed by atoms with van der Waals surface area (Å²) >= 11 is 0. The van der Waals surface area contributed by atoms with Crippen molar-refractivity contribution in [3.63, 3.8) is 0 Å². The average molecular weight is 450 g/mol. The number of nitrogens with zero attached hydrogens (tertiary/aromatic N) is 4. The highest BCUT2D eigenvalue weighted by Gasteiger charge is 2.26. The number of benzene rings is 1. The predicted octanol–water partition coefficient (Wildman–Crippen LogP) is 3.60. The summed E-state index contributed by atoms with van der Waals surface area (Å²) < 4.78 is 22.2. The molecule has 1 saturated carbocycles. The Hall–Kier alpha value is -3.26. The Kier molecular flexibility index (Phi) is 5.85. The monoisotopic (exact) mass is 449 g/mol. The van der Waals surface area contributed by atoms with Crippen LogP contribution in [0, 0.1) is 18.7 Å². The van der Waals surface area contributed by atoms with Crippen molar-refractivity contribution in [2.24, 2.45) is 5.92 Å². The Bertz CT molecular complexity index is 1170. The largest absolute Gasteiger partial charge is 0.492 e. The van der Waals surface area contributed by atoms with E-state index < -0.39 is 5.82 Å². The van der Waals surface area contributed by atoms with Crippen molar-refractivity contribution in [3.8, 4) is 22.6 Å². The van der Waals surface area contributed by atoms with Crippen LogP contribution in [0.25, 0.3) is 16.8 Å². The summed E-state index contributed by atoms with van der Waals surface area (Å²) in [6, 6.07) is 5.10. The van der Waals surface area contributed by atoms with E-state index in [2.05, 4.69) is 27.3 Å². The third-order valence-corrected chi connectivity index (χ3v) is 6.30. The topological polar surface area (TPSA) is 72.3 Å². The number of aryl methyl sites for hydroxylation is 1. The highest BCUT2D eigenvalue weighted by atomic mass is 19.1. The average Bonchev–Trinajstić information content (AvgIpc) is 3.29. The van der Waals surface area contributed by atoms with Gasteiger partial charge in [-0.25, -0.2) is 9.07 Å². The van der Waals surface area contributed by atoms with Crippen molar-refractivity contribution in [1.82, 2.24) is 25.0 Å². The summed E-state index contributed by atoms with van der Waals surface area (Å²) in [5.41, 5.74) is 3.15. The van der Waals surface area contributed by atoms with E-state index in [1.54, 1.807) is 29.3 Å². The molecule has 1 aromatic carbocycles. The predicted molar refractivity (Wildman–Crippen MR) is 123 cm³/mol. The lowest BCUT2D eigenvalue weighted by molar-refractivity contribution is 0.0947. The van der Waals surface area contributed by atoms with Gasteiger partial charge in [0.1, 0.15) is 11.6 Å². The maximum atomic E-state index is 14.5. The van der Waals surface area contributed by atoms with Crippen LogP contribution in [0.2, 0.25) is 0 Å². The molecular weight excluding hydrogens is 421 g/mol. The maximum absolute atomic E-state index is 14.5. The minimum atomic E-state index is -0.510. The van der Waals surface area contributed by atoms with Crippen LogP contribution in [-0.4, -0.2) is 58.4 Å². The van der Waals surface area contributed by atoms with E-state index in [1.165, 1.54) is 6.07 Å². The van der Waals surface area contributed by atoms with Crippen LogP contribution in [-0.2, 0) is 0 Å². The Morgan fingerprint density at radius 3 is 2.82 bits per heavy atom. The molecule has 2 fully saturated rings. The van der Waals surface area contributed by atoms with Crippen molar-refractivity contribution in [1.29, 1.82) is 0 Å². The molecule has 1 saturated heterocycles. The summed E-state index contributed by atoms with van der Waals surface area (Å²) in [6.07, 6.45) is 10.0. The highest BCUT2D eigenvalue weighted by Crippen LogP contribution is 2.28. The first-order valence-corrected chi connectivity index (χ1v) is 11.4. The molecule has 1 N–H and O–H groups in total. The molecular formula is C25H28FN5O2. The van der Waals surface area contributed by atoms with E-state index >= 15 is 0 Å². The van der Waals surface area contributed by atoms with Gasteiger partial charge < -0.3 is 15.0 Å². The molecule has 1 atom stereocenters. The SMILES string of the molecule is Cc1cc(F)c(C(=O)NC2CC2)cc1-c1cnn(-c2cncc(OCC3CCN(C)C3)c2)c1. The van der Waals surface area contributed by atoms with Gasteiger partial charge >= 0.3 is 0 Å². The maximum Gasteiger partial charge on any atom is 0.254 e. The van der Waals surface area contributed by atoms with Gasteiger partial charge in [0.05, 0.1) is 36.4 Å². The molecule has 172 valence electrons. The summed E-state index contributed by atoms with van der Waals surface area (Å²) in [7, 11) is 2.13. The number of hydrogen-bond acceptors (Lipinski definition) is 5. The zero-order valence-corrected chi connectivity index (χ0v) is 18.9. The number of pyridine rings is 1. The second-order valence-corrected chi connectivity index (χ2v) is 9.18. The van der Waals surface area contributed by atoms with Gasteiger partial charge in [-0.15, -0.1) is 0 Å². The lowest BCUT2D eigenvalue weighted by atomic mass is 9.99. The molecule has 2 aromatic heterocycles. The molecule has 1 aliphatic heterocycles.